The van der Waals surface area contributed by atoms with Crippen LogP contribution in [0.5, 0.6) is 11.5 Å². The van der Waals surface area contributed by atoms with Gasteiger partial charge < -0.3 is 14.4 Å². The molecule has 0 aliphatic carbocycles. The third-order valence-electron chi connectivity index (χ3n) is 4.61. The van der Waals surface area contributed by atoms with Crippen LogP contribution in [0.4, 0.5) is 4.39 Å². The minimum atomic E-state index is -0.313. The number of methoxy groups -OCH3 is 1. The zero-order valence-electron chi connectivity index (χ0n) is 16.8. The first-order valence-electron chi connectivity index (χ1n) is 9.38. The number of hydrogen-bond acceptors (Lipinski definition) is 4. The van der Waals surface area contributed by atoms with Crippen LogP contribution >= 0.6 is 0 Å². The molecule has 7 heteroatoms. The lowest BCUT2D eigenvalue weighted by atomic mass is 10.1. The summed E-state index contributed by atoms with van der Waals surface area (Å²) in [6, 6.07) is 13.3. The Morgan fingerprint density at radius 1 is 1.10 bits per heavy atom. The van der Waals surface area contributed by atoms with Crippen molar-refractivity contribution in [1.82, 2.24) is 14.7 Å². The third-order valence-corrected chi connectivity index (χ3v) is 4.61. The maximum atomic E-state index is 13.2. The number of carbonyl (C=O) groups is 1. The van der Waals surface area contributed by atoms with Gasteiger partial charge in [-0.05, 0) is 55.0 Å². The summed E-state index contributed by atoms with van der Waals surface area (Å²) >= 11 is 0. The van der Waals surface area contributed by atoms with Gasteiger partial charge in [0.25, 0.3) is 5.91 Å². The highest BCUT2D eigenvalue weighted by Crippen LogP contribution is 2.19. The van der Waals surface area contributed by atoms with Crippen LogP contribution in [-0.4, -0.2) is 47.9 Å². The summed E-state index contributed by atoms with van der Waals surface area (Å²) in [4.78, 5) is 14.5. The Hall–Kier alpha value is -3.35. The Balaban J connectivity index is 1.65. The number of aromatic nitrogens is 2. The van der Waals surface area contributed by atoms with Gasteiger partial charge in [-0.1, -0.05) is 6.92 Å². The van der Waals surface area contributed by atoms with E-state index in [-0.39, 0.29) is 11.7 Å². The first-order valence-corrected chi connectivity index (χ1v) is 9.38. The van der Waals surface area contributed by atoms with Gasteiger partial charge in [0.2, 0.25) is 0 Å². The molecule has 0 N–H and O–H groups in total. The minimum absolute atomic E-state index is 0.131. The molecule has 0 fully saturated rings. The molecule has 0 aliphatic rings. The van der Waals surface area contributed by atoms with Crippen molar-refractivity contribution in [2.45, 2.75) is 13.3 Å². The molecular formula is C22H24FN3O3. The van der Waals surface area contributed by atoms with E-state index in [0.29, 0.717) is 36.6 Å². The summed E-state index contributed by atoms with van der Waals surface area (Å²) in [7, 11) is 3.34. The number of likely N-dealkylation sites (N-methyl/N-ethyl adjacent to an activating group) is 1. The van der Waals surface area contributed by atoms with E-state index in [1.807, 2.05) is 31.2 Å². The Morgan fingerprint density at radius 2 is 1.76 bits per heavy atom. The van der Waals surface area contributed by atoms with Crippen molar-refractivity contribution in [3.8, 4) is 17.2 Å². The molecule has 0 aliphatic heterocycles. The third kappa shape index (κ3) is 4.74. The molecular weight excluding hydrogens is 373 g/mol. The standard InChI is InChI=1S/C22H24FN3O3/c1-4-21-20(15-24-26(21)17-7-5-16(23)6-8-17)22(27)25(2)13-14-29-19-11-9-18(28-3)10-12-19/h5-12,15H,4,13-14H2,1-3H3. The summed E-state index contributed by atoms with van der Waals surface area (Å²) in [5.74, 6) is 1.03. The summed E-state index contributed by atoms with van der Waals surface area (Å²) in [6.45, 7) is 2.75. The fourth-order valence-corrected chi connectivity index (χ4v) is 2.98. The number of ether oxygens (including phenoxy) is 2. The van der Waals surface area contributed by atoms with Crippen molar-refractivity contribution in [2.75, 3.05) is 27.3 Å². The van der Waals surface area contributed by atoms with Crippen LogP contribution in [0.15, 0.2) is 54.7 Å². The number of nitrogens with zero attached hydrogens (tertiary/aromatic N) is 3. The molecule has 0 saturated heterocycles. The number of hydrogen-bond donors (Lipinski definition) is 0. The van der Waals surface area contributed by atoms with Crippen LogP contribution in [0, 0.1) is 5.82 Å². The normalized spacial score (nSPS) is 10.6. The van der Waals surface area contributed by atoms with Crippen LogP contribution in [0.25, 0.3) is 5.69 Å². The molecule has 1 heterocycles. The highest BCUT2D eigenvalue weighted by Gasteiger charge is 2.20. The fourth-order valence-electron chi connectivity index (χ4n) is 2.98. The number of halogens is 1. The second-order valence-electron chi connectivity index (χ2n) is 6.50. The van der Waals surface area contributed by atoms with E-state index < -0.39 is 0 Å². The van der Waals surface area contributed by atoms with Crippen molar-refractivity contribution in [3.63, 3.8) is 0 Å². The molecule has 152 valence electrons. The lowest BCUT2D eigenvalue weighted by Crippen LogP contribution is -2.31. The molecule has 0 radical (unpaired) electrons. The molecule has 0 unspecified atom stereocenters. The second-order valence-corrected chi connectivity index (χ2v) is 6.50. The molecule has 1 amide bonds. The molecule has 0 saturated carbocycles. The topological polar surface area (TPSA) is 56.6 Å². The van der Waals surface area contributed by atoms with E-state index in [2.05, 4.69) is 5.10 Å². The van der Waals surface area contributed by atoms with Crippen LogP contribution in [-0.2, 0) is 6.42 Å². The van der Waals surface area contributed by atoms with Crippen molar-refractivity contribution in [3.05, 3.63) is 71.8 Å². The second kappa shape index (κ2) is 9.23. The summed E-state index contributed by atoms with van der Waals surface area (Å²) < 4.78 is 25.7. The molecule has 6 nitrogen and oxygen atoms in total. The molecule has 1 aromatic heterocycles. The Bertz CT molecular complexity index is 952. The predicted octanol–water partition coefficient (Wildman–Crippen LogP) is 3.73. The maximum Gasteiger partial charge on any atom is 0.257 e. The van der Waals surface area contributed by atoms with Crippen molar-refractivity contribution in [2.24, 2.45) is 0 Å². The average Bonchev–Trinajstić information content (AvgIpc) is 3.18. The van der Waals surface area contributed by atoms with Gasteiger partial charge in [-0.3, -0.25) is 4.79 Å². The molecule has 3 rings (SSSR count). The SMILES string of the molecule is CCc1c(C(=O)N(C)CCOc2ccc(OC)cc2)cnn1-c1ccc(F)cc1. The van der Waals surface area contributed by atoms with E-state index in [9.17, 15) is 9.18 Å². The van der Waals surface area contributed by atoms with E-state index in [1.165, 1.54) is 12.1 Å². The van der Waals surface area contributed by atoms with Crippen LogP contribution in [0.2, 0.25) is 0 Å². The first kappa shape index (κ1) is 20.4. The minimum Gasteiger partial charge on any atom is -0.497 e. The first-order chi connectivity index (χ1) is 14.0. The highest BCUT2D eigenvalue weighted by molar-refractivity contribution is 5.95. The molecule has 3 aromatic rings. The Kier molecular flexibility index (Phi) is 6.49. The lowest BCUT2D eigenvalue weighted by molar-refractivity contribution is 0.0772. The molecule has 0 atom stereocenters. The number of benzene rings is 2. The Morgan fingerprint density at radius 3 is 2.38 bits per heavy atom. The highest BCUT2D eigenvalue weighted by atomic mass is 19.1. The predicted molar refractivity (Wildman–Crippen MR) is 108 cm³/mol. The summed E-state index contributed by atoms with van der Waals surface area (Å²) in [5.41, 5.74) is 2.03. The van der Waals surface area contributed by atoms with Gasteiger partial charge in [-0.2, -0.15) is 5.10 Å². The monoisotopic (exact) mass is 397 g/mol. The van der Waals surface area contributed by atoms with E-state index in [4.69, 9.17) is 9.47 Å². The average molecular weight is 397 g/mol. The fraction of sp³-hybridized carbons (Fsp3) is 0.273. The molecule has 2 aromatic carbocycles. The van der Waals surface area contributed by atoms with Gasteiger partial charge in [-0.25, -0.2) is 9.07 Å². The van der Waals surface area contributed by atoms with E-state index in [1.54, 1.807) is 42.1 Å². The molecule has 29 heavy (non-hydrogen) atoms. The summed E-state index contributed by atoms with van der Waals surface area (Å²) in [5, 5.41) is 4.34. The molecule has 0 bridgehead atoms. The Labute approximate surface area is 169 Å². The number of amides is 1. The number of rotatable bonds is 8. The van der Waals surface area contributed by atoms with E-state index >= 15 is 0 Å². The smallest absolute Gasteiger partial charge is 0.257 e. The molecule has 0 spiro atoms. The quantitative estimate of drug-likeness (QED) is 0.581. The van der Waals surface area contributed by atoms with Gasteiger partial charge in [0, 0.05) is 7.05 Å². The van der Waals surface area contributed by atoms with Crippen molar-refractivity contribution < 1.29 is 18.7 Å². The lowest BCUT2D eigenvalue weighted by Gasteiger charge is -2.18. The van der Waals surface area contributed by atoms with E-state index in [0.717, 1.165) is 11.4 Å². The van der Waals surface area contributed by atoms with Crippen molar-refractivity contribution in [1.29, 1.82) is 0 Å². The van der Waals surface area contributed by atoms with Crippen LogP contribution in [0.1, 0.15) is 23.0 Å². The van der Waals surface area contributed by atoms with Crippen LogP contribution < -0.4 is 9.47 Å². The zero-order chi connectivity index (χ0) is 20.8. The number of carbonyl (C=O) groups excluding carboxylic acids is 1. The van der Waals surface area contributed by atoms with Gasteiger partial charge in [-0.15, -0.1) is 0 Å². The van der Waals surface area contributed by atoms with Gasteiger partial charge in [0.1, 0.15) is 23.9 Å². The largest absolute Gasteiger partial charge is 0.497 e. The summed E-state index contributed by atoms with van der Waals surface area (Å²) in [6.07, 6.45) is 2.18. The zero-order valence-corrected chi connectivity index (χ0v) is 16.8. The maximum absolute atomic E-state index is 13.2. The van der Waals surface area contributed by atoms with Gasteiger partial charge >= 0.3 is 0 Å². The van der Waals surface area contributed by atoms with Gasteiger partial charge in [0.15, 0.2) is 0 Å². The van der Waals surface area contributed by atoms with Gasteiger partial charge in [0.05, 0.1) is 36.8 Å². The van der Waals surface area contributed by atoms with Crippen LogP contribution in [0.3, 0.4) is 0 Å². The van der Waals surface area contributed by atoms with Crippen molar-refractivity contribution >= 4 is 5.91 Å².